The zero-order valence-electron chi connectivity index (χ0n) is 13.1. The van der Waals surface area contributed by atoms with Gasteiger partial charge in [0.25, 0.3) is 0 Å². The molecular weight excluding hydrogens is 302 g/mol. The first-order valence-electron chi connectivity index (χ1n) is 7.61. The largest absolute Gasteiger partial charge is 0.367 e. The summed E-state index contributed by atoms with van der Waals surface area (Å²) in [7, 11) is 0. The van der Waals surface area contributed by atoms with Gasteiger partial charge in [-0.05, 0) is 24.6 Å². The lowest BCUT2D eigenvalue weighted by Crippen LogP contribution is -2.48. The van der Waals surface area contributed by atoms with Gasteiger partial charge in [-0.3, -0.25) is 9.59 Å². The van der Waals surface area contributed by atoms with Gasteiger partial charge >= 0.3 is 0 Å². The molecule has 1 aromatic carbocycles. The minimum Gasteiger partial charge on any atom is -0.367 e. The number of amides is 2. The fourth-order valence-electron chi connectivity index (χ4n) is 2.61. The summed E-state index contributed by atoms with van der Waals surface area (Å²) in [6.07, 6.45) is 1.50. The molecule has 0 radical (unpaired) electrons. The summed E-state index contributed by atoms with van der Waals surface area (Å²) in [5.74, 6) is 0.112. The molecular formula is C16H22ClN3O2. The molecule has 6 heteroatoms. The van der Waals surface area contributed by atoms with E-state index in [2.05, 4.69) is 10.2 Å². The van der Waals surface area contributed by atoms with E-state index in [1.807, 2.05) is 24.0 Å². The summed E-state index contributed by atoms with van der Waals surface area (Å²) in [5.41, 5.74) is 1.64. The van der Waals surface area contributed by atoms with E-state index < -0.39 is 0 Å². The normalized spacial score (nSPS) is 14.9. The van der Waals surface area contributed by atoms with E-state index >= 15 is 0 Å². The number of nitrogens with zero attached hydrogens (tertiary/aromatic N) is 2. The Balaban J connectivity index is 1.99. The quantitative estimate of drug-likeness (QED) is 0.927. The molecule has 2 amide bonds. The highest BCUT2D eigenvalue weighted by molar-refractivity contribution is 6.33. The molecule has 1 fully saturated rings. The number of piperazine rings is 1. The molecule has 1 N–H and O–H groups in total. The molecule has 0 aromatic heterocycles. The smallest absolute Gasteiger partial charge is 0.222 e. The Morgan fingerprint density at radius 3 is 2.45 bits per heavy atom. The molecule has 0 saturated carbocycles. The van der Waals surface area contributed by atoms with Crippen LogP contribution in [-0.4, -0.2) is 42.9 Å². The maximum atomic E-state index is 11.9. The van der Waals surface area contributed by atoms with Crippen LogP contribution in [0.4, 0.5) is 11.4 Å². The highest BCUT2D eigenvalue weighted by Gasteiger charge is 2.21. The maximum Gasteiger partial charge on any atom is 0.222 e. The van der Waals surface area contributed by atoms with Crippen LogP contribution in [0.15, 0.2) is 18.2 Å². The number of benzene rings is 1. The van der Waals surface area contributed by atoms with Crippen LogP contribution in [0, 0.1) is 0 Å². The zero-order chi connectivity index (χ0) is 16.1. The Bertz CT molecular complexity index is 554. The van der Waals surface area contributed by atoms with E-state index in [0.717, 1.165) is 38.3 Å². The Labute approximate surface area is 136 Å². The molecule has 1 aromatic rings. The number of anilines is 2. The number of hydrogen-bond acceptors (Lipinski definition) is 3. The predicted octanol–water partition coefficient (Wildman–Crippen LogP) is 2.75. The minimum atomic E-state index is -0.119. The van der Waals surface area contributed by atoms with E-state index in [4.69, 9.17) is 11.6 Å². The van der Waals surface area contributed by atoms with Crippen LogP contribution < -0.4 is 10.2 Å². The van der Waals surface area contributed by atoms with Gasteiger partial charge in [0.15, 0.2) is 0 Å². The van der Waals surface area contributed by atoms with Crippen LogP contribution in [0.3, 0.4) is 0 Å². The third kappa shape index (κ3) is 4.13. The van der Waals surface area contributed by atoms with E-state index in [-0.39, 0.29) is 11.8 Å². The first-order valence-corrected chi connectivity index (χ1v) is 7.99. The summed E-state index contributed by atoms with van der Waals surface area (Å²) in [6.45, 7) is 6.48. The van der Waals surface area contributed by atoms with E-state index in [1.165, 1.54) is 6.92 Å². The molecule has 22 heavy (non-hydrogen) atoms. The molecule has 0 spiro atoms. The lowest BCUT2D eigenvalue weighted by molar-refractivity contribution is -0.131. The van der Waals surface area contributed by atoms with Crippen molar-refractivity contribution in [3.63, 3.8) is 0 Å². The molecule has 0 aliphatic carbocycles. The van der Waals surface area contributed by atoms with Crippen LogP contribution in [0.5, 0.6) is 0 Å². The summed E-state index contributed by atoms with van der Waals surface area (Å²) in [5, 5.41) is 3.33. The van der Waals surface area contributed by atoms with Crippen molar-refractivity contribution >= 4 is 34.8 Å². The average molecular weight is 324 g/mol. The second-order valence-corrected chi connectivity index (χ2v) is 5.87. The number of carbonyl (C=O) groups excluding carboxylic acids is 2. The first kappa shape index (κ1) is 16.6. The molecule has 0 bridgehead atoms. The molecule has 1 heterocycles. The first-order chi connectivity index (χ1) is 10.5. The van der Waals surface area contributed by atoms with Crippen LogP contribution in [0.1, 0.15) is 26.7 Å². The van der Waals surface area contributed by atoms with Crippen LogP contribution in [-0.2, 0) is 9.59 Å². The lowest BCUT2D eigenvalue weighted by Gasteiger charge is -2.36. The van der Waals surface area contributed by atoms with Crippen LogP contribution >= 0.6 is 11.6 Å². The van der Waals surface area contributed by atoms with Gasteiger partial charge in [-0.2, -0.15) is 0 Å². The topological polar surface area (TPSA) is 52.7 Å². The van der Waals surface area contributed by atoms with Crippen molar-refractivity contribution in [2.24, 2.45) is 0 Å². The third-order valence-electron chi connectivity index (χ3n) is 3.70. The standard InChI is InChI=1S/C16H22ClN3O2/c1-3-4-16(22)20-9-7-19(8-10-20)15-6-5-13(11-14(15)17)18-12(2)21/h5-6,11H,3-4,7-10H2,1-2H3,(H,18,21). The van der Waals surface area contributed by atoms with Crippen molar-refractivity contribution in [3.8, 4) is 0 Å². The second kappa shape index (κ2) is 7.49. The summed E-state index contributed by atoms with van der Waals surface area (Å²) in [6, 6.07) is 5.52. The fraction of sp³-hybridized carbons (Fsp3) is 0.500. The van der Waals surface area contributed by atoms with Gasteiger partial charge in [0, 0.05) is 45.2 Å². The van der Waals surface area contributed by atoms with E-state index in [9.17, 15) is 9.59 Å². The number of nitrogens with one attached hydrogen (secondary N) is 1. The van der Waals surface area contributed by atoms with Gasteiger partial charge in [-0.1, -0.05) is 18.5 Å². The highest BCUT2D eigenvalue weighted by atomic mass is 35.5. The summed E-state index contributed by atoms with van der Waals surface area (Å²) in [4.78, 5) is 27.1. The molecule has 120 valence electrons. The van der Waals surface area contributed by atoms with E-state index in [0.29, 0.717) is 17.1 Å². The Morgan fingerprint density at radius 2 is 1.91 bits per heavy atom. The third-order valence-corrected chi connectivity index (χ3v) is 4.01. The molecule has 1 aliphatic heterocycles. The van der Waals surface area contributed by atoms with Gasteiger partial charge in [0.05, 0.1) is 10.7 Å². The molecule has 1 aliphatic rings. The van der Waals surface area contributed by atoms with Gasteiger partial charge < -0.3 is 15.1 Å². The molecule has 0 unspecified atom stereocenters. The van der Waals surface area contributed by atoms with Gasteiger partial charge in [0.2, 0.25) is 11.8 Å². The number of hydrogen-bond donors (Lipinski definition) is 1. The monoisotopic (exact) mass is 323 g/mol. The zero-order valence-corrected chi connectivity index (χ0v) is 13.8. The maximum absolute atomic E-state index is 11.9. The average Bonchev–Trinajstić information content (AvgIpc) is 2.47. The van der Waals surface area contributed by atoms with Gasteiger partial charge in [-0.15, -0.1) is 0 Å². The number of halogens is 1. The Hall–Kier alpha value is -1.75. The van der Waals surface area contributed by atoms with Crippen LogP contribution in [0.25, 0.3) is 0 Å². The molecule has 0 atom stereocenters. The number of rotatable bonds is 4. The van der Waals surface area contributed by atoms with Gasteiger partial charge in [-0.25, -0.2) is 0 Å². The summed E-state index contributed by atoms with van der Waals surface area (Å²) < 4.78 is 0. The molecule has 2 rings (SSSR count). The molecule has 1 saturated heterocycles. The fourth-order valence-corrected chi connectivity index (χ4v) is 2.91. The number of carbonyl (C=O) groups is 2. The summed E-state index contributed by atoms with van der Waals surface area (Å²) >= 11 is 6.32. The second-order valence-electron chi connectivity index (χ2n) is 5.47. The van der Waals surface area contributed by atoms with Crippen molar-refractivity contribution < 1.29 is 9.59 Å². The van der Waals surface area contributed by atoms with Crippen LogP contribution in [0.2, 0.25) is 5.02 Å². The van der Waals surface area contributed by atoms with Crippen molar-refractivity contribution in [1.29, 1.82) is 0 Å². The predicted molar refractivity (Wildman–Crippen MR) is 89.5 cm³/mol. The Morgan fingerprint density at radius 1 is 1.23 bits per heavy atom. The van der Waals surface area contributed by atoms with Crippen molar-refractivity contribution in [2.45, 2.75) is 26.7 Å². The molecule has 5 nitrogen and oxygen atoms in total. The Kier molecular flexibility index (Phi) is 5.66. The van der Waals surface area contributed by atoms with Crippen molar-refractivity contribution in [1.82, 2.24) is 4.90 Å². The SMILES string of the molecule is CCCC(=O)N1CCN(c2ccc(NC(C)=O)cc2Cl)CC1. The highest BCUT2D eigenvalue weighted by Crippen LogP contribution is 2.29. The minimum absolute atomic E-state index is 0.119. The lowest BCUT2D eigenvalue weighted by atomic mass is 10.2. The van der Waals surface area contributed by atoms with Crippen molar-refractivity contribution in [2.75, 3.05) is 36.4 Å². The van der Waals surface area contributed by atoms with Crippen molar-refractivity contribution in [3.05, 3.63) is 23.2 Å². The van der Waals surface area contributed by atoms with Gasteiger partial charge in [0.1, 0.15) is 0 Å². The van der Waals surface area contributed by atoms with E-state index in [1.54, 1.807) is 6.07 Å².